The molecule has 0 heterocycles. The monoisotopic (exact) mass is 224 g/mol. The van der Waals surface area contributed by atoms with E-state index >= 15 is 0 Å². The largest absolute Gasteiger partial charge is 0.329 e. The summed E-state index contributed by atoms with van der Waals surface area (Å²) < 4.78 is 0. The molecule has 2 atom stereocenters. The number of rotatable bonds is 5. The Morgan fingerprint density at radius 3 is 2.38 bits per heavy atom. The molecular formula is C14H28N2. The van der Waals surface area contributed by atoms with Gasteiger partial charge in [-0.15, -0.1) is 0 Å². The summed E-state index contributed by atoms with van der Waals surface area (Å²) in [7, 11) is 0. The van der Waals surface area contributed by atoms with Gasteiger partial charge in [0, 0.05) is 25.2 Å². The van der Waals surface area contributed by atoms with Crippen LogP contribution < -0.4 is 5.73 Å². The first-order valence-corrected chi connectivity index (χ1v) is 7.32. The lowest BCUT2D eigenvalue weighted by atomic mass is 9.79. The Bertz CT molecular complexity index is 199. The number of hydrogen-bond donors (Lipinski definition) is 1. The highest BCUT2D eigenvalue weighted by Gasteiger charge is 2.34. The molecule has 0 bridgehead atoms. The zero-order valence-electron chi connectivity index (χ0n) is 10.8. The van der Waals surface area contributed by atoms with Crippen molar-refractivity contribution in [2.75, 3.05) is 13.1 Å². The van der Waals surface area contributed by atoms with Crippen molar-refractivity contribution in [3.63, 3.8) is 0 Å². The average Bonchev–Trinajstić information content (AvgIpc) is 2.26. The van der Waals surface area contributed by atoms with Gasteiger partial charge >= 0.3 is 0 Å². The third-order valence-electron chi connectivity index (χ3n) is 4.75. The van der Waals surface area contributed by atoms with Gasteiger partial charge in [-0.05, 0) is 31.6 Å². The Balaban J connectivity index is 1.97. The van der Waals surface area contributed by atoms with E-state index in [0.717, 1.165) is 31.1 Å². The Morgan fingerprint density at radius 1 is 1.06 bits per heavy atom. The first-order valence-electron chi connectivity index (χ1n) is 7.32. The van der Waals surface area contributed by atoms with Crippen molar-refractivity contribution in [1.29, 1.82) is 0 Å². The van der Waals surface area contributed by atoms with Gasteiger partial charge < -0.3 is 5.73 Å². The van der Waals surface area contributed by atoms with Crippen LogP contribution in [0.5, 0.6) is 0 Å². The molecule has 0 saturated heterocycles. The van der Waals surface area contributed by atoms with Gasteiger partial charge in [-0.2, -0.15) is 0 Å². The van der Waals surface area contributed by atoms with Crippen LogP contribution in [0.25, 0.3) is 0 Å². The Kier molecular flexibility index (Phi) is 4.66. The van der Waals surface area contributed by atoms with Gasteiger partial charge in [-0.25, -0.2) is 0 Å². The molecule has 94 valence electrons. The van der Waals surface area contributed by atoms with E-state index in [1.807, 2.05) is 0 Å². The van der Waals surface area contributed by atoms with Crippen molar-refractivity contribution in [1.82, 2.24) is 4.90 Å². The Morgan fingerprint density at radius 2 is 1.81 bits per heavy atom. The highest BCUT2D eigenvalue weighted by molar-refractivity contribution is 4.89. The van der Waals surface area contributed by atoms with Crippen molar-refractivity contribution in [3.8, 4) is 0 Å². The van der Waals surface area contributed by atoms with Gasteiger partial charge in [-0.1, -0.05) is 32.6 Å². The van der Waals surface area contributed by atoms with Crippen LogP contribution in [0.1, 0.15) is 58.3 Å². The van der Waals surface area contributed by atoms with Crippen LogP contribution in [0.3, 0.4) is 0 Å². The average molecular weight is 224 g/mol. The van der Waals surface area contributed by atoms with Crippen molar-refractivity contribution in [2.45, 2.75) is 70.4 Å². The van der Waals surface area contributed by atoms with Gasteiger partial charge in [0.1, 0.15) is 0 Å². The summed E-state index contributed by atoms with van der Waals surface area (Å²) in [6.07, 6.45) is 11.4. The van der Waals surface area contributed by atoms with E-state index in [1.165, 1.54) is 51.4 Å². The number of hydrogen-bond acceptors (Lipinski definition) is 2. The molecule has 2 aliphatic carbocycles. The lowest BCUT2D eigenvalue weighted by molar-refractivity contribution is 0.0302. The van der Waals surface area contributed by atoms with Gasteiger partial charge in [0.25, 0.3) is 0 Å². The molecule has 2 unspecified atom stereocenters. The van der Waals surface area contributed by atoms with Gasteiger partial charge in [-0.3, -0.25) is 4.90 Å². The summed E-state index contributed by atoms with van der Waals surface area (Å²) in [6.45, 7) is 4.33. The van der Waals surface area contributed by atoms with E-state index in [0.29, 0.717) is 0 Å². The maximum Gasteiger partial charge on any atom is 0.0127 e. The first kappa shape index (κ1) is 12.4. The van der Waals surface area contributed by atoms with Crippen LogP contribution in [-0.2, 0) is 0 Å². The molecule has 2 nitrogen and oxygen atoms in total. The van der Waals surface area contributed by atoms with Crippen LogP contribution in [0.15, 0.2) is 0 Å². The molecule has 2 saturated carbocycles. The SMILES string of the molecule is CCC1CCCCC1N(CCN)C1CCC1. The predicted octanol–water partition coefficient (Wildman–Crippen LogP) is 2.77. The first-order chi connectivity index (χ1) is 7.86. The molecule has 0 spiro atoms. The molecule has 0 radical (unpaired) electrons. The van der Waals surface area contributed by atoms with E-state index in [-0.39, 0.29) is 0 Å². The fourth-order valence-electron chi connectivity index (χ4n) is 3.59. The van der Waals surface area contributed by atoms with Gasteiger partial charge in [0.15, 0.2) is 0 Å². The third-order valence-corrected chi connectivity index (χ3v) is 4.75. The smallest absolute Gasteiger partial charge is 0.0127 e. The van der Waals surface area contributed by atoms with Gasteiger partial charge in [0.2, 0.25) is 0 Å². The van der Waals surface area contributed by atoms with Crippen LogP contribution >= 0.6 is 0 Å². The standard InChI is InChI=1S/C14H28N2/c1-2-12-6-3-4-9-14(12)16(11-10-15)13-7-5-8-13/h12-14H,2-11,15H2,1H3. The van der Waals surface area contributed by atoms with E-state index in [1.54, 1.807) is 0 Å². The van der Waals surface area contributed by atoms with Crippen LogP contribution in [0.2, 0.25) is 0 Å². The second kappa shape index (κ2) is 6.02. The Labute approximate surface area is 101 Å². The molecule has 2 rings (SSSR count). The van der Waals surface area contributed by atoms with Crippen molar-refractivity contribution >= 4 is 0 Å². The summed E-state index contributed by atoms with van der Waals surface area (Å²) >= 11 is 0. The normalized spacial score (nSPS) is 31.7. The van der Waals surface area contributed by atoms with Crippen molar-refractivity contribution in [2.24, 2.45) is 11.7 Å². The predicted molar refractivity (Wildman–Crippen MR) is 69.4 cm³/mol. The lowest BCUT2D eigenvalue weighted by Gasteiger charge is -2.47. The molecule has 2 fully saturated rings. The molecule has 16 heavy (non-hydrogen) atoms. The maximum absolute atomic E-state index is 5.80. The summed E-state index contributed by atoms with van der Waals surface area (Å²) in [5, 5.41) is 0. The molecule has 0 aromatic heterocycles. The van der Waals surface area contributed by atoms with Crippen molar-refractivity contribution < 1.29 is 0 Å². The minimum absolute atomic E-state index is 0.837. The van der Waals surface area contributed by atoms with Crippen LogP contribution in [-0.4, -0.2) is 30.1 Å². The van der Waals surface area contributed by atoms with E-state index in [4.69, 9.17) is 5.73 Å². The second-order valence-corrected chi connectivity index (χ2v) is 5.63. The van der Waals surface area contributed by atoms with E-state index in [9.17, 15) is 0 Å². The van der Waals surface area contributed by atoms with Crippen LogP contribution in [0, 0.1) is 5.92 Å². The second-order valence-electron chi connectivity index (χ2n) is 5.63. The number of nitrogens with two attached hydrogens (primary N) is 1. The Hall–Kier alpha value is -0.0800. The fourth-order valence-corrected chi connectivity index (χ4v) is 3.59. The molecule has 2 aliphatic rings. The van der Waals surface area contributed by atoms with E-state index < -0.39 is 0 Å². The maximum atomic E-state index is 5.80. The topological polar surface area (TPSA) is 29.3 Å². The molecule has 0 aromatic carbocycles. The van der Waals surface area contributed by atoms with E-state index in [2.05, 4.69) is 11.8 Å². The van der Waals surface area contributed by atoms with Crippen LogP contribution in [0.4, 0.5) is 0 Å². The summed E-state index contributed by atoms with van der Waals surface area (Å²) in [5.74, 6) is 0.945. The molecular weight excluding hydrogens is 196 g/mol. The zero-order valence-corrected chi connectivity index (χ0v) is 10.8. The highest BCUT2D eigenvalue weighted by Crippen LogP contribution is 2.35. The quantitative estimate of drug-likeness (QED) is 0.778. The number of nitrogens with zero attached hydrogens (tertiary/aromatic N) is 1. The lowest BCUT2D eigenvalue weighted by Crippen LogP contribution is -2.52. The molecule has 0 aliphatic heterocycles. The molecule has 2 heteroatoms. The molecule has 2 N–H and O–H groups in total. The molecule has 0 amide bonds. The van der Waals surface area contributed by atoms with Gasteiger partial charge in [0.05, 0.1) is 0 Å². The summed E-state index contributed by atoms with van der Waals surface area (Å²) in [5.41, 5.74) is 5.80. The summed E-state index contributed by atoms with van der Waals surface area (Å²) in [6, 6.07) is 1.73. The fraction of sp³-hybridized carbons (Fsp3) is 1.00. The minimum atomic E-state index is 0.837. The minimum Gasteiger partial charge on any atom is -0.329 e. The highest BCUT2D eigenvalue weighted by atomic mass is 15.2. The van der Waals surface area contributed by atoms with Crippen molar-refractivity contribution in [3.05, 3.63) is 0 Å². The zero-order chi connectivity index (χ0) is 11.4. The molecule has 0 aromatic rings. The summed E-state index contributed by atoms with van der Waals surface area (Å²) in [4.78, 5) is 2.77. The third kappa shape index (κ3) is 2.60.